The molecule has 2 aromatic heterocycles. The first-order chi connectivity index (χ1) is 12.3. The minimum Gasteiger partial charge on any atom is -0.497 e. The van der Waals surface area contributed by atoms with Gasteiger partial charge in [0.25, 0.3) is 0 Å². The van der Waals surface area contributed by atoms with Crippen LogP contribution in [0.4, 0.5) is 10.7 Å². The first kappa shape index (κ1) is 15.9. The lowest BCUT2D eigenvalue weighted by atomic mass is 10.2. The lowest BCUT2D eigenvalue weighted by Gasteiger charge is -2.06. The molecule has 0 bridgehead atoms. The Morgan fingerprint density at radius 3 is 2.40 bits per heavy atom. The number of methoxy groups -OCH3 is 1. The van der Waals surface area contributed by atoms with Gasteiger partial charge < -0.3 is 10.1 Å². The van der Waals surface area contributed by atoms with Crippen molar-refractivity contribution < 1.29 is 4.74 Å². The molecule has 124 valence electrons. The largest absolute Gasteiger partial charge is 0.497 e. The Kier molecular flexibility index (Phi) is 4.50. The molecule has 0 saturated carbocycles. The van der Waals surface area contributed by atoms with Crippen molar-refractivity contribution in [3.63, 3.8) is 0 Å². The molecule has 0 amide bonds. The van der Waals surface area contributed by atoms with Crippen molar-refractivity contribution in [3.8, 4) is 26.9 Å². The number of ether oxygens (including phenoxy) is 1. The molecule has 0 atom stereocenters. The maximum absolute atomic E-state index is 5.23. The van der Waals surface area contributed by atoms with Crippen molar-refractivity contribution >= 4 is 33.4 Å². The quantitative estimate of drug-likeness (QED) is 0.452. The third-order valence-electron chi connectivity index (χ3n) is 3.75. The fraction of sp³-hybridized carbons (Fsp3) is 0.0500. The second-order valence-electron chi connectivity index (χ2n) is 5.39. The summed E-state index contributed by atoms with van der Waals surface area (Å²) in [5.74, 6) is 0.846. The van der Waals surface area contributed by atoms with E-state index in [4.69, 9.17) is 9.72 Å². The van der Waals surface area contributed by atoms with Gasteiger partial charge in [-0.25, -0.2) is 4.98 Å². The number of anilines is 2. The molecule has 0 saturated heterocycles. The minimum absolute atomic E-state index is 0.846. The summed E-state index contributed by atoms with van der Waals surface area (Å²) in [6.45, 7) is 0. The number of thiazole rings is 1. The number of rotatable bonds is 5. The van der Waals surface area contributed by atoms with Crippen molar-refractivity contribution in [1.82, 2.24) is 4.98 Å². The van der Waals surface area contributed by atoms with E-state index in [1.54, 1.807) is 29.8 Å². The molecule has 0 spiro atoms. The molecule has 25 heavy (non-hydrogen) atoms. The van der Waals surface area contributed by atoms with Gasteiger partial charge in [-0.15, -0.1) is 11.3 Å². The van der Waals surface area contributed by atoms with Crippen molar-refractivity contribution in [3.05, 3.63) is 72.1 Å². The predicted octanol–water partition coefficient (Wildman–Crippen LogP) is 6.29. The smallest absolute Gasteiger partial charge is 0.126 e. The van der Waals surface area contributed by atoms with E-state index >= 15 is 0 Å². The molecule has 5 heteroatoms. The third-order valence-corrected chi connectivity index (χ3v) is 5.65. The van der Waals surface area contributed by atoms with Gasteiger partial charge in [0.1, 0.15) is 21.5 Å². The lowest BCUT2D eigenvalue weighted by molar-refractivity contribution is 0.415. The zero-order valence-electron chi connectivity index (χ0n) is 13.6. The standard InChI is InChI=1S/C20H16N2OS2/c1-23-16-11-9-15(10-12-16)21-20-18(17-8-5-13-24-17)22-19(25-20)14-6-3-2-4-7-14/h2-13,21H,1H3. The van der Waals surface area contributed by atoms with E-state index in [-0.39, 0.29) is 0 Å². The fourth-order valence-electron chi connectivity index (χ4n) is 2.49. The van der Waals surface area contributed by atoms with Crippen LogP contribution in [0, 0.1) is 0 Å². The van der Waals surface area contributed by atoms with Crippen LogP contribution in [0.3, 0.4) is 0 Å². The first-order valence-corrected chi connectivity index (χ1v) is 9.54. The Balaban J connectivity index is 1.73. The van der Waals surface area contributed by atoms with Crippen LogP contribution in [0.2, 0.25) is 0 Å². The average molecular weight is 364 g/mol. The maximum Gasteiger partial charge on any atom is 0.126 e. The van der Waals surface area contributed by atoms with Gasteiger partial charge in [0.05, 0.1) is 12.0 Å². The summed E-state index contributed by atoms with van der Waals surface area (Å²) in [4.78, 5) is 6.06. The number of thiophene rings is 1. The summed E-state index contributed by atoms with van der Waals surface area (Å²) in [7, 11) is 1.67. The molecule has 4 rings (SSSR count). The number of aromatic nitrogens is 1. The van der Waals surface area contributed by atoms with Gasteiger partial charge in [0, 0.05) is 11.3 Å². The van der Waals surface area contributed by atoms with Crippen LogP contribution in [-0.4, -0.2) is 12.1 Å². The number of hydrogen-bond donors (Lipinski definition) is 1. The summed E-state index contributed by atoms with van der Waals surface area (Å²) < 4.78 is 5.23. The van der Waals surface area contributed by atoms with E-state index in [9.17, 15) is 0 Å². The summed E-state index contributed by atoms with van der Waals surface area (Å²) in [5, 5.41) is 7.65. The van der Waals surface area contributed by atoms with E-state index in [1.807, 2.05) is 42.5 Å². The molecule has 2 aromatic carbocycles. The van der Waals surface area contributed by atoms with Gasteiger partial charge in [-0.3, -0.25) is 0 Å². The monoisotopic (exact) mass is 364 g/mol. The van der Waals surface area contributed by atoms with Gasteiger partial charge in [-0.2, -0.15) is 0 Å². The van der Waals surface area contributed by atoms with Gasteiger partial charge in [0.2, 0.25) is 0 Å². The molecule has 0 aliphatic rings. The zero-order valence-corrected chi connectivity index (χ0v) is 15.2. The van der Waals surface area contributed by atoms with Crippen molar-refractivity contribution in [2.24, 2.45) is 0 Å². The van der Waals surface area contributed by atoms with Crippen molar-refractivity contribution in [2.75, 3.05) is 12.4 Å². The Morgan fingerprint density at radius 2 is 1.72 bits per heavy atom. The number of nitrogens with one attached hydrogen (secondary N) is 1. The SMILES string of the molecule is COc1ccc(Nc2sc(-c3ccccc3)nc2-c2cccs2)cc1. The third kappa shape index (κ3) is 3.43. The van der Waals surface area contributed by atoms with Gasteiger partial charge in [-0.1, -0.05) is 47.7 Å². The highest BCUT2D eigenvalue weighted by atomic mass is 32.1. The van der Waals surface area contributed by atoms with E-state index in [1.165, 1.54) is 0 Å². The highest BCUT2D eigenvalue weighted by Crippen LogP contribution is 2.41. The summed E-state index contributed by atoms with van der Waals surface area (Å²) >= 11 is 3.37. The highest BCUT2D eigenvalue weighted by molar-refractivity contribution is 7.20. The van der Waals surface area contributed by atoms with Crippen LogP contribution >= 0.6 is 22.7 Å². The van der Waals surface area contributed by atoms with Crippen molar-refractivity contribution in [1.29, 1.82) is 0 Å². The normalized spacial score (nSPS) is 10.6. The molecule has 0 aliphatic carbocycles. The molecule has 3 nitrogen and oxygen atoms in total. The molecule has 0 radical (unpaired) electrons. The molecular formula is C20H16N2OS2. The molecule has 1 N–H and O–H groups in total. The van der Waals surface area contributed by atoms with E-state index in [0.29, 0.717) is 0 Å². The van der Waals surface area contributed by atoms with Gasteiger partial charge in [0.15, 0.2) is 0 Å². The Hall–Kier alpha value is -2.63. The second-order valence-corrected chi connectivity index (χ2v) is 7.34. The average Bonchev–Trinajstić information content (AvgIpc) is 3.33. The summed E-state index contributed by atoms with van der Waals surface area (Å²) in [5.41, 5.74) is 3.14. The van der Waals surface area contributed by atoms with E-state index < -0.39 is 0 Å². The molecule has 0 unspecified atom stereocenters. The van der Waals surface area contributed by atoms with Crippen LogP contribution in [0.5, 0.6) is 5.75 Å². The molecular weight excluding hydrogens is 348 g/mol. The number of nitrogens with zero attached hydrogens (tertiary/aromatic N) is 1. The first-order valence-electron chi connectivity index (χ1n) is 7.85. The molecule has 0 aliphatic heterocycles. The minimum atomic E-state index is 0.846. The summed E-state index contributed by atoms with van der Waals surface area (Å²) in [6.07, 6.45) is 0. The topological polar surface area (TPSA) is 34.1 Å². The zero-order chi connectivity index (χ0) is 17.1. The number of hydrogen-bond acceptors (Lipinski definition) is 5. The van der Waals surface area contributed by atoms with Crippen LogP contribution in [-0.2, 0) is 0 Å². The maximum atomic E-state index is 5.23. The molecule has 0 fully saturated rings. The molecule has 4 aromatic rings. The summed E-state index contributed by atoms with van der Waals surface area (Å²) in [6, 6.07) is 22.4. The van der Waals surface area contributed by atoms with Crippen LogP contribution in [0.1, 0.15) is 0 Å². The highest BCUT2D eigenvalue weighted by Gasteiger charge is 2.15. The van der Waals surface area contributed by atoms with E-state index in [2.05, 4.69) is 35.0 Å². The number of benzene rings is 2. The van der Waals surface area contributed by atoms with Crippen LogP contribution in [0.25, 0.3) is 21.1 Å². The van der Waals surface area contributed by atoms with Crippen LogP contribution in [0.15, 0.2) is 72.1 Å². The Labute approximate surface area is 154 Å². The van der Waals surface area contributed by atoms with Gasteiger partial charge >= 0.3 is 0 Å². The fourth-order valence-corrected chi connectivity index (χ4v) is 4.29. The van der Waals surface area contributed by atoms with E-state index in [0.717, 1.165) is 37.6 Å². The second kappa shape index (κ2) is 7.09. The Bertz CT molecular complexity index is 945. The van der Waals surface area contributed by atoms with Crippen molar-refractivity contribution in [2.45, 2.75) is 0 Å². The van der Waals surface area contributed by atoms with Gasteiger partial charge in [-0.05, 0) is 35.7 Å². The Morgan fingerprint density at radius 1 is 0.920 bits per heavy atom. The predicted molar refractivity (Wildman–Crippen MR) is 107 cm³/mol. The lowest BCUT2D eigenvalue weighted by Crippen LogP contribution is -1.90. The molecule has 2 heterocycles. The van der Waals surface area contributed by atoms with Crippen LogP contribution < -0.4 is 10.1 Å².